The molecule has 22 aromatic rings. The predicted molar refractivity (Wildman–Crippen MR) is 506 cm³/mol. The van der Waals surface area contributed by atoms with E-state index in [9.17, 15) is 0 Å². The lowest BCUT2D eigenvalue weighted by Crippen LogP contribution is -2.33. The van der Waals surface area contributed by atoms with Gasteiger partial charge in [-0.2, -0.15) is 0 Å². The van der Waals surface area contributed by atoms with E-state index < -0.39 is 16.2 Å². The van der Waals surface area contributed by atoms with E-state index in [0.717, 1.165) is 39.8 Å². The zero-order chi connectivity index (χ0) is 80.2. The van der Waals surface area contributed by atoms with E-state index in [1.165, 1.54) is 171 Å². The van der Waals surface area contributed by atoms with Crippen LogP contribution in [0.3, 0.4) is 0 Å². The van der Waals surface area contributed by atoms with E-state index >= 15 is 0 Å². The van der Waals surface area contributed by atoms with E-state index in [1.807, 2.05) is 0 Å². The van der Waals surface area contributed by atoms with E-state index in [2.05, 4.69) is 485 Å². The zero-order valence-electron chi connectivity index (χ0n) is 66.7. The Kier molecular flexibility index (Phi) is 15.4. The van der Waals surface area contributed by atoms with Crippen LogP contribution in [-0.2, 0) is 16.2 Å². The quantitative estimate of drug-likeness (QED) is 0.140. The average Bonchev–Trinajstić information content (AvgIpc) is 1.52. The topological polar surface area (TPSA) is 30.1 Å². The molecule has 0 saturated carbocycles. The Balaban J connectivity index is 0.000000155. The van der Waals surface area contributed by atoms with Crippen molar-refractivity contribution in [3.05, 3.63) is 528 Å². The number of aromatic nitrogens is 3. The molecule has 1 N–H and O–H groups in total. The molecule has 1 atom stereocenters. The number of nitrogens with zero attached hydrogens (tertiary/aromatic N) is 4. The fourth-order valence-electron chi connectivity index (χ4n) is 22.4. The number of benzene rings is 19. The molecule has 4 aliphatic rings. The Morgan fingerprint density at radius 2 is 0.516 bits per heavy atom. The van der Waals surface area contributed by atoms with E-state index in [4.69, 9.17) is 0 Å². The lowest BCUT2D eigenvalue weighted by molar-refractivity contribution is 0.748. The minimum absolute atomic E-state index is 0.410. The minimum atomic E-state index is -0.616. The third-order valence-electron chi connectivity index (χ3n) is 27.1. The molecule has 1 aliphatic heterocycles. The Hall–Kier alpha value is -15.8. The Bertz CT molecular complexity index is 7790. The van der Waals surface area contributed by atoms with Gasteiger partial charge in [0.25, 0.3) is 0 Å². The maximum atomic E-state index is 3.82. The molecule has 3 aliphatic carbocycles. The fraction of sp³-hybridized carbons (Fsp3) is 0.0256. The van der Waals surface area contributed by atoms with Gasteiger partial charge in [-0.25, -0.2) is 0 Å². The first-order chi connectivity index (χ1) is 60.6. The zero-order valence-corrected chi connectivity index (χ0v) is 66.7. The van der Waals surface area contributed by atoms with Gasteiger partial charge in [0, 0.05) is 77.4 Å². The van der Waals surface area contributed by atoms with Crippen LogP contribution in [0.15, 0.2) is 461 Å². The molecule has 0 radical (unpaired) electrons. The molecule has 122 heavy (non-hydrogen) atoms. The van der Waals surface area contributed by atoms with Crippen molar-refractivity contribution in [1.29, 1.82) is 0 Å². The molecular formula is C117H77N5. The van der Waals surface area contributed by atoms with Crippen LogP contribution in [0.4, 0.5) is 28.4 Å². The van der Waals surface area contributed by atoms with Crippen molar-refractivity contribution in [3.63, 3.8) is 0 Å². The lowest BCUT2D eigenvalue weighted by Gasteiger charge is -2.39. The number of anilines is 5. The van der Waals surface area contributed by atoms with Gasteiger partial charge < -0.3 is 23.9 Å². The van der Waals surface area contributed by atoms with Crippen LogP contribution in [0.25, 0.3) is 116 Å². The monoisotopic (exact) mass is 1550 g/mol. The highest BCUT2D eigenvalue weighted by atomic mass is 15.2. The molecule has 26 rings (SSSR count). The summed E-state index contributed by atoms with van der Waals surface area (Å²) < 4.78 is 7.31. The highest BCUT2D eigenvalue weighted by Crippen LogP contribution is 2.66. The first-order valence-electron chi connectivity index (χ1n) is 42.4. The summed E-state index contributed by atoms with van der Waals surface area (Å²) in [5.41, 5.74) is 37.6. The van der Waals surface area contributed by atoms with Crippen molar-refractivity contribution < 1.29 is 0 Å². The van der Waals surface area contributed by atoms with E-state index in [-0.39, 0.29) is 0 Å². The molecule has 5 nitrogen and oxygen atoms in total. The molecule has 5 heteroatoms. The van der Waals surface area contributed by atoms with Gasteiger partial charge in [0.05, 0.1) is 66.4 Å². The highest BCUT2D eigenvalue weighted by molar-refractivity contribution is 6.15. The van der Waals surface area contributed by atoms with Crippen molar-refractivity contribution in [2.45, 2.75) is 16.2 Å². The summed E-state index contributed by atoms with van der Waals surface area (Å²) in [5, 5.41) is 11.4. The fourth-order valence-corrected chi connectivity index (χ4v) is 22.4. The number of rotatable bonds is 11. The maximum absolute atomic E-state index is 3.82. The molecule has 0 bridgehead atoms. The van der Waals surface area contributed by atoms with E-state index in [0.29, 0.717) is 0 Å². The Morgan fingerprint density at radius 1 is 0.205 bits per heavy atom. The summed E-state index contributed by atoms with van der Waals surface area (Å²) in [6.07, 6.45) is 0. The van der Waals surface area contributed by atoms with Gasteiger partial charge in [-0.15, -0.1) is 0 Å². The van der Waals surface area contributed by atoms with Crippen LogP contribution in [0.5, 0.6) is 0 Å². The summed E-state index contributed by atoms with van der Waals surface area (Å²) in [5.74, 6) is 0. The molecular weight excluding hydrogens is 1480 g/mol. The first kappa shape index (κ1) is 69.3. The molecule has 19 aromatic carbocycles. The number of hydrogen-bond donors (Lipinski definition) is 1. The molecule has 0 saturated heterocycles. The van der Waals surface area contributed by atoms with Crippen LogP contribution < -0.4 is 10.2 Å². The number of hydrogen-bond acceptors (Lipinski definition) is 2. The molecule has 1 spiro atoms. The molecule has 1 unspecified atom stereocenters. The summed E-state index contributed by atoms with van der Waals surface area (Å²) in [6, 6.07) is 171. The number of fused-ring (bicyclic) bond motifs is 24. The van der Waals surface area contributed by atoms with Crippen molar-refractivity contribution in [2.24, 2.45) is 0 Å². The van der Waals surface area contributed by atoms with Crippen LogP contribution in [-0.4, -0.2) is 13.7 Å². The standard InChI is InChI=1S/C74H47N3.C43H30N2/c1-3-22-48(23-4-1)73(49-24-5-2-6-25-49)58-32-12-7-29-56(58)70-61(73)35-20-42-68(70)76(51-46-44-50(45-47-51)75-64-38-15-9-26-52(64)53-27-10-16-39-65(53)75)69-43-21-36-62-71(69)57-30-8-13-33-59(57)74(62)60-34-14-18-41-67(60)77-66-40-17-11-28-54(66)55-31-19-37-63(74)72(55)77;1-3-14-30(15-4-1)43(31-16-5-2-6-17-31)37-21-10-7-20-36(37)42-38(43)22-13-23-39(42)44-32-26-28-33(29-27-32)45-40-24-11-8-18-34(40)35-19-9-12-25-41(35)45/h1-47H;1-29,44H. The predicted octanol–water partition coefficient (Wildman–Crippen LogP) is 29.3. The molecule has 3 aromatic heterocycles. The largest absolute Gasteiger partial charge is 0.355 e. The Labute approximate surface area is 707 Å². The minimum Gasteiger partial charge on any atom is -0.355 e. The van der Waals surface area contributed by atoms with Crippen molar-refractivity contribution in [3.8, 4) is 50.4 Å². The van der Waals surface area contributed by atoms with Crippen molar-refractivity contribution in [1.82, 2.24) is 13.7 Å². The summed E-state index contributed by atoms with van der Waals surface area (Å²) in [4.78, 5) is 2.60. The lowest BCUT2D eigenvalue weighted by atomic mass is 9.65. The summed E-state index contributed by atoms with van der Waals surface area (Å²) >= 11 is 0. The smallest absolute Gasteiger partial charge is 0.0755 e. The highest BCUT2D eigenvalue weighted by Gasteiger charge is 2.54. The average molecular weight is 1550 g/mol. The van der Waals surface area contributed by atoms with Crippen LogP contribution in [0, 0.1) is 0 Å². The molecule has 4 heterocycles. The summed E-state index contributed by atoms with van der Waals surface area (Å²) in [6.45, 7) is 0. The van der Waals surface area contributed by atoms with Gasteiger partial charge in [-0.05, 0) is 187 Å². The van der Waals surface area contributed by atoms with Gasteiger partial charge in [-0.3, -0.25) is 0 Å². The molecule has 0 amide bonds. The SMILES string of the molecule is c1ccc(C2(c3ccccc3)c3ccccc3-c3c(N(c4ccc(-n5c6ccccc6c6ccccc65)cc4)c4cccc5c4-c4ccccc4C54c5ccccc5-n5c6ccccc6c6cccc4c65)cccc32)cc1.c1ccc(C2(c3ccccc3)c3ccccc3-c3c(Nc4ccc(-n5c6ccccc6c6ccccc65)cc4)cccc32)cc1. The second kappa shape index (κ2) is 27.1. The maximum Gasteiger partial charge on any atom is 0.0755 e. The van der Waals surface area contributed by atoms with Crippen molar-refractivity contribution >= 4 is 93.9 Å². The number of para-hydroxylation sites is 7. The van der Waals surface area contributed by atoms with Gasteiger partial charge >= 0.3 is 0 Å². The normalized spacial score (nSPS) is 14.4. The van der Waals surface area contributed by atoms with Crippen LogP contribution in [0.1, 0.15) is 66.8 Å². The van der Waals surface area contributed by atoms with Crippen LogP contribution in [0.2, 0.25) is 0 Å². The third kappa shape index (κ3) is 9.64. The first-order valence-corrected chi connectivity index (χ1v) is 42.4. The van der Waals surface area contributed by atoms with Crippen LogP contribution >= 0.6 is 0 Å². The third-order valence-corrected chi connectivity index (χ3v) is 27.1. The Morgan fingerprint density at radius 3 is 0.975 bits per heavy atom. The van der Waals surface area contributed by atoms with Gasteiger partial charge in [-0.1, -0.05) is 358 Å². The van der Waals surface area contributed by atoms with Gasteiger partial charge in [0.2, 0.25) is 0 Å². The van der Waals surface area contributed by atoms with Gasteiger partial charge in [0.15, 0.2) is 0 Å². The second-order valence-corrected chi connectivity index (χ2v) is 32.8. The molecule has 570 valence electrons. The van der Waals surface area contributed by atoms with Crippen molar-refractivity contribution in [2.75, 3.05) is 10.2 Å². The molecule has 0 fully saturated rings. The van der Waals surface area contributed by atoms with Gasteiger partial charge in [0.1, 0.15) is 0 Å². The van der Waals surface area contributed by atoms with E-state index in [1.54, 1.807) is 0 Å². The second-order valence-electron chi connectivity index (χ2n) is 32.8. The summed E-state index contributed by atoms with van der Waals surface area (Å²) in [7, 11) is 0. The number of nitrogens with one attached hydrogen (secondary N) is 1.